The third-order valence-corrected chi connectivity index (χ3v) is 4.78. The molecule has 2 fully saturated rings. The van der Waals surface area contributed by atoms with Crippen molar-refractivity contribution in [3.05, 3.63) is 11.1 Å². The Morgan fingerprint density at radius 3 is 3.00 bits per heavy atom. The van der Waals surface area contributed by atoms with Crippen LogP contribution in [0.4, 0.5) is 5.13 Å². The van der Waals surface area contributed by atoms with Crippen molar-refractivity contribution in [3.63, 3.8) is 0 Å². The summed E-state index contributed by atoms with van der Waals surface area (Å²) in [5.41, 5.74) is 1.23. The second-order valence-electron chi connectivity index (χ2n) is 4.92. The van der Waals surface area contributed by atoms with Crippen molar-refractivity contribution in [3.8, 4) is 0 Å². The second-order valence-corrected chi connectivity index (χ2v) is 5.78. The Morgan fingerprint density at radius 1 is 1.47 bits per heavy atom. The Labute approximate surface area is 95.1 Å². The molecule has 2 saturated carbocycles. The second kappa shape index (κ2) is 3.78. The fraction of sp³-hybridized carbons (Fsp3) is 0.750. The van der Waals surface area contributed by atoms with Crippen LogP contribution in [0.5, 0.6) is 0 Å². The minimum atomic E-state index is 0.722. The number of rotatable bonds is 3. The number of hydrogen-bond donors (Lipinski definition) is 1. The van der Waals surface area contributed by atoms with Gasteiger partial charge in [0, 0.05) is 11.4 Å². The Bertz CT molecular complexity index is 347. The SMILES string of the molecule is CCc1csc(NC2CC3CCC2C3)n1. The largest absolute Gasteiger partial charge is 0.358 e. The van der Waals surface area contributed by atoms with Crippen molar-refractivity contribution in [2.75, 3.05) is 5.32 Å². The molecule has 1 heterocycles. The van der Waals surface area contributed by atoms with E-state index < -0.39 is 0 Å². The average molecular weight is 222 g/mol. The normalized spacial score (nSPS) is 33.5. The van der Waals surface area contributed by atoms with Crippen LogP contribution >= 0.6 is 11.3 Å². The summed E-state index contributed by atoms with van der Waals surface area (Å²) in [5, 5.41) is 6.95. The third-order valence-electron chi connectivity index (χ3n) is 3.96. The molecule has 2 nitrogen and oxygen atoms in total. The molecule has 0 saturated heterocycles. The molecule has 1 aromatic rings. The topological polar surface area (TPSA) is 24.9 Å². The Balaban J connectivity index is 1.65. The zero-order valence-corrected chi connectivity index (χ0v) is 10.0. The van der Waals surface area contributed by atoms with E-state index in [1.165, 1.54) is 31.4 Å². The quantitative estimate of drug-likeness (QED) is 0.848. The highest BCUT2D eigenvalue weighted by Crippen LogP contribution is 2.45. The smallest absolute Gasteiger partial charge is 0.183 e. The van der Waals surface area contributed by atoms with Gasteiger partial charge in [0.2, 0.25) is 0 Å². The summed E-state index contributed by atoms with van der Waals surface area (Å²) in [5.74, 6) is 1.95. The van der Waals surface area contributed by atoms with Gasteiger partial charge in [0.1, 0.15) is 0 Å². The molecule has 15 heavy (non-hydrogen) atoms. The molecule has 0 radical (unpaired) electrons. The van der Waals surface area contributed by atoms with Crippen LogP contribution < -0.4 is 5.32 Å². The van der Waals surface area contributed by atoms with Gasteiger partial charge in [-0.25, -0.2) is 4.98 Å². The van der Waals surface area contributed by atoms with Gasteiger partial charge in [-0.15, -0.1) is 11.3 Å². The number of anilines is 1. The van der Waals surface area contributed by atoms with Gasteiger partial charge in [-0.1, -0.05) is 13.3 Å². The van der Waals surface area contributed by atoms with Crippen LogP contribution in [0.1, 0.15) is 38.3 Å². The Kier molecular flexibility index (Phi) is 2.43. The maximum absolute atomic E-state index is 4.58. The molecular formula is C12H18N2S. The molecule has 1 aromatic heterocycles. The molecule has 3 unspecified atom stereocenters. The first-order valence-electron chi connectivity index (χ1n) is 6.06. The van der Waals surface area contributed by atoms with Crippen LogP contribution in [0.15, 0.2) is 5.38 Å². The number of nitrogens with zero attached hydrogens (tertiary/aromatic N) is 1. The van der Waals surface area contributed by atoms with E-state index in [4.69, 9.17) is 0 Å². The first-order chi connectivity index (χ1) is 7.35. The lowest BCUT2D eigenvalue weighted by atomic mass is 9.96. The lowest BCUT2D eigenvalue weighted by Gasteiger charge is -2.22. The van der Waals surface area contributed by atoms with Gasteiger partial charge in [-0.3, -0.25) is 0 Å². The van der Waals surface area contributed by atoms with E-state index in [0.717, 1.165) is 29.4 Å². The summed E-state index contributed by atoms with van der Waals surface area (Å²) in [7, 11) is 0. The molecule has 1 N–H and O–H groups in total. The maximum atomic E-state index is 4.58. The molecule has 82 valence electrons. The number of fused-ring (bicyclic) bond motifs is 2. The molecule has 2 aliphatic carbocycles. The number of nitrogens with one attached hydrogen (secondary N) is 1. The van der Waals surface area contributed by atoms with Crippen molar-refractivity contribution in [2.45, 2.75) is 45.1 Å². The van der Waals surface area contributed by atoms with Gasteiger partial charge in [0.05, 0.1) is 5.69 Å². The molecular weight excluding hydrogens is 204 g/mol. The molecule has 0 aliphatic heterocycles. The summed E-state index contributed by atoms with van der Waals surface area (Å²) in [6.45, 7) is 2.16. The molecule has 0 spiro atoms. The first-order valence-corrected chi connectivity index (χ1v) is 6.94. The average Bonchev–Trinajstić information content (AvgIpc) is 2.92. The highest BCUT2D eigenvalue weighted by atomic mass is 32.1. The van der Waals surface area contributed by atoms with E-state index in [2.05, 4.69) is 22.6 Å². The van der Waals surface area contributed by atoms with E-state index >= 15 is 0 Å². The van der Waals surface area contributed by atoms with E-state index in [1.54, 1.807) is 11.3 Å². The molecule has 2 bridgehead atoms. The van der Waals surface area contributed by atoms with Crippen molar-refractivity contribution >= 4 is 16.5 Å². The van der Waals surface area contributed by atoms with E-state index in [9.17, 15) is 0 Å². The minimum Gasteiger partial charge on any atom is -0.358 e. The highest BCUT2D eigenvalue weighted by Gasteiger charge is 2.39. The van der Waals surface area contributed by atoms with Gasteiger partial charge in [0.25, 0.3) is 0 Å². The summed E-state index contributed by atoms with van der Waals surface area (Å²) in [6.07, 6.45) is 6.81. The van der Waals surface area contributed by atoms with Crippen LogP contribution in [0.25, 0.3) is 0 Å². The predicted octanol–water partition coefficient (Wildman–Crippen LogP) is 3.31. The van der Waals surface area contributed by atoms with Crippen LogP contribution in [0.3, 0.4) is 0 Å². The van der Waals surface area contributed by atoms with Gasteiger partial charge >= 0.3 is 0 Å². The van der Waals surface area contributed by atoms with Crippen LogP contribution in [-0.2, 0) is 6.42 Å². The predicted molar refractivity (Wildman–Crippen MR) is 64.4 cm³/mol. The zero-order chi connectivity index (χ0) is 10.3. The van der Waals surface area contributed by atoms with E-state index in [0.29, 0.717) is 0 Å². The molecule has 3 atom stereocenters. The lowest BCUT2D eigenvalue weighted by molar-refractivity contribution is 0.439. The minimum absolute atomic E-state index is 0.722. The van der Waals surface area contributed by atoms with Crippen molar-refractivity contribution < 1.29 is 0 Å². The van der Waals surface area contributed by atoms with Crippen molar-refractivity contribution in [1.29, 1.82) is 0 Å². The number of hydrogen-bond acceptors (Lipinski definition) is 3. The molecule has 0 amide bonds. The summed E-state index contributed by atoms with van der Waals surface area (Å²) >= 11 is 1.77. The highest BCUT2D eigenvalue weighted by molar-refractivity contribution is 7.13. The van der Waals surface area contributed by atoms with Crippen LogP contribution in [-0.4, -0.2) is 11.0 Å². The van der Waals surface area contributed by atoms with Gasteiger partial charge < -0.3 is 5.32 Å². The van der Waals surface area contributed by atoms with Gasteiger partial charge in [-0.05, 0) is 37.5 Å². The fourth-order valence-corrected chi connectivity index (χ4v) is 3.97. The number of aromatic nitrogens is 1. The molecule has 3 heteroatoms. The monoisotopic (exact) mass is 222 g/mol. The number of aryl methyl sites for hydroxylation is 1. The van der Waals surface area contributed by atoms with E-state index in [-0.39, 0.29) is 0 Å². The van der Waals surface area contributed by atoms with Crippen molar-refractivity contribution in [2.24, 2.45) is 11.8 Å². The van der Waals surface area contributed by atoms with E-state index in [1.807, 2.05) is 0 Å². The van der Waals surface area contributed by atoms with Crippen LogP contribution in [0, 0.1) is 11.8 Å². The summed E-state index contributed by atoms with van der Waals surface area (Å²) < 4.78 is 0. The van der Waals surface area contributed by atoms with Gasteiger partial charge in [-0.2, -0.15) is 0 Å². The maximum Gasteiger partial charge on any atom is 0.183 e. The molecule has 2 aliphatic rings. The Hall–Kier alpha value is -0.570. The standard InChI is InChI=1S/C12H18N2S/c1-2-10-7-15-12(13-10)14-11-6-8-3-4-9(11)5-8/h7-9,11H,2-6H2,1H3,(H,13,14). The number of thiazole rings is 1. The molecule has 0 aromatic carbocycles. The molecule has 3 rings (SSSR count). The first kappa shape index (κ1) is 9.64. The lowest BCUT2D eigenvalue weighted by Crippen LogP contribution is -2.25. The summed E-state index contributed by atoms with van der Waals surface area (Å²) in [4.78, 5) is 4.58. The Morgan fingerprint density at radius 2 is 2.40 bits per heavy atom. The third kappa shape index (κ3) is 1.78. The van der Waals surface area contributed by atoms with Crippen molar-refractivity contribution in [1.82, 2.24) is 4.98 Å². The summed E-state index contributed by atoms with van der Waals surface area (Å²) in [6, 6.07) is 0.722. The fourth-order valence-electron chi connectivity index (χ4n) is 3.12. The zero-order valence-electron chi connectivity index (χ0n) is 9.20. The van der Waals surface area contributed by atoms with Crippen LogP contribution in [0.2, 0.25) is 0 Å². The van der Waals surface area contributed by atoms with Gasteiger partial charge in [0.15, 0.2) is 5.13 Å².